The van der Waals surface area contributed by atoms with Gasteiger partial charge in [0.25, 0.3) is 5.91 Å². The number of fused-ring (bicyclic) bond motifs is 1. The van der Waals surface area contributed by atoms with Crippen LogP contribution in [0.4, 0.5) is 4.79 Å². The average molecular weight is 247 g/mol. The van der Waals surface area contributed by atoms with Crippen LogP contribution in [0.25, 0.3) is 11.0 Å². The van der Waals surface area contributed by atoms with Crippen molar-refractivity contribution < 1.29 is 14.3 Å². The van der Waals surface area contributed by atoms with Gasteiger partial charge in [0, 0.05) is 0 Å². The van der Waals surface area contributed by atoms with E-state index in [9.17, 15) is 9.59 Å². The summed E-state index contributed by atoms with van der Waals surface area (Å²) >= 11 is 0. The van der Waals surface area contributed by atoms with Gasteiger partial charge in [0.15, 0.2) is 0 Å². The fourth-order valence-electron chi connectivity index (χ4n) is 1.63. The summed E-state index contributed by atoms with van der Waals surface area (Å²) < 4.78 is 6.16. The van der Waals surface area contributed by atoms with Crippen molar-refractivity contribution in [1.82, 2.24) is 9.55 Å². The molecule has 1 aromatic carbocycles. The Morgan fingerprint density at radius 1 is 1.33 bits per heavy atom. The first-order valence-corrected chi connectivity index (χ1v) is 5.49. The van der Waals surface area contributed by atoms with Gasteiger partial charge in [-0.1, -0.05) is 12.1 Å². The lowest BCUT2D eigenvalue weighted by Gasteiger charge is -2.09. The number of nitrogens with two attached hydrogens (primary N) is 1. The molecule has 0 atom stereocenters. The minimum atomic E-state index is -0.771. The molecule has 0 radical (unpaired) electrons. The van der Waals surface area contributed by atoms with Crippen molar-refractivity contribution in [2.45, 2.75) is 20.0 Å². The summed E-state index contributed by atoms with van der Waals surface area (Å²) in [4.78, 5) is 27.3. The molecule has 1 heterocycles. The second-order valence-electron chi connectivity index (χ2n) is 4.06. The van der Waals surface area contributed by atoms with Crippen LogP contribution in [-0.2, 0) is 4.74 Å². The fraction of sp³-hybridized carbons (Fsp3) is 0.250. The van der Waals surface area contributed by atoms with Crippen molar-refractivity contribution in [3.05, 3.63) is 30.1 Å². The van der Waals surface area contributed by atoms with Crippen LogP contribution in [0.5, 0.6) is 0 Å². The molecule has 6 heteroatoms. The summed E-state index contributed by atoms with van der Waals surface area (Å²) in [6, 6.07) is 6.88. The number of ether oxygens (including phenoxy) is 1. The smallest absolute Gasteiger partial charge is 0.420 e. The Labute approximate surface area is 103 Å². The van der Waals surface area contributed by atoms with E-state index < -0.39 is 12.0 Å². The van der Waals surface area contributed by atoms with E-state index in [1.165, 1.54) is 0 Å². The van der Waals surface area contributed by atoms with Crippen molar-refractivity contribution in [3.63, 3.8) is 0 Å². The summed E-state index contributed by atoms with van der Waals surface area (Å²) in [7, 11) is 0. The zero-order valence-corrected chi connectivity index (χ0v) is 10.1. The number of rotatable bonds is 2. The van der Waals surface area contributed by atoms with Crippen LogP contribution in [0.2, 0.25) is 0 Å². The second kappa shape index (κ2) is 4.48. The maximum atomic E-state index is 11.9. The number of aromatic nitrogens is 2. The van der Waals surface area contributed by atoms with Crippen molar-refractivity contribution in [3.8, 4) is 0 Å². The second-order valence-corrected chi connectivity index (χ2v) is 4.06. The monoisotopic (exact) mass is 247 g/mol. The zero-order chi connectivity index (χ0) is 13.3. The van der Waals surface area contributed by atoms with E-state index in [4.69, 9.17) is 10.5 Å². The Hall–Kier alpha value is -2.37. The molecule has 6 nitrogen and oxygen atoms in total. The van der Waals surface area contributed by atoms with Crippen molar-refractivity contribution >= 4 is 23.0 Å². The molecule has 0 aliphatic carbocycles. The molecule has 0 saturated heterocycles. The summed E-state index contributed by atoms with van der Waals surface area (Å²) in [5.74, 6) is -0.895. The number of amides is 1. The van der Waals surface area contributed by atoms with Crippen LogP contribution in [-0.4, -0.2) is 27.7 Å². The number of primary amides is 1. The minimum Gasteiger partial charge on any atom is -0.446 e. The number of hydrogen-bond donors (Lipinski definition) is 1. The van der Waals surface area contributed by atoms with Crippen molar-refractivity contribution in [2.24, 2.45) is 5.73 Å². The summed E-state index contributed by atoms with van der Waals surface area (Å²) in [5, 5.41) is 0. The number of imidazole rings is 1. The molecule has 2 rings (SSSR count). The zero-order valence-electron chi connectivity index (χ0n) is 10.1. The van der Waals surface area contributed by atoms with Crippen LogP contribution in [0.1, 0.15) is 24.5 Å². The van der Waals surface area contributed by atoms with Crippen LogP contribution >= 0.6 is 0 Å². The molecule has 1 aromatic heterocycles. The predicted octanol–water partition coefficient (Wildman–Crippen LogP) is 1.53. The molecular weight excluding hydrogens is 234 g/mol. The van der Waals surface area contributed by atoms with Gasteiger partial charge in [-0.25, -0.2) is 14.3 Å². The molecule has 0 aliphatic rings. The molecular formula is C12H13N3O3. The van der Waals surface area contributed by atoms with Gasteiger partial charge in [-0.2, -0.15) is 0 Å². The summed E-state index contributed by atoms with van der Waals surface area (Å²) in [6.07, 6.45) is -0.952. The van der Waals surface area contributed by atoms with Gasteiger partial charge in [0.2, 0.25) is 5.82 Å². The van der Waals surface area contributed by atoms with E-state index in [1.807, 2.05) is 0 Å². The molecule has 18 heavy (non-hydrogen) atoms. The number of benzene rings is 1. The van der Waals surface area contributed by atoms with E-state index in [0.29, 0.717) is 11.0 Å². The Kier molecular flexibility index (Phi) is 3.01. The largest absolute Gasteiger partial charge is 0.446 e. The summed E-state index contributed by atoms with van der Waals surface area (Å²) in [5.41, 5.74) is 6.23. The quantitative estimate of drug-likeness (QED) is 0.871. The minimum absolute atomic E-state index is 0.123. The van der Waals surface area contributed by atoms with Gasteiger partial charge in [-0.05, 0) is 26.0 Å². The first-order chi connectivity index (χ1) is 8.50. The maximum Gasteiger partial charge on any atom is 0.420 e. The SMILES string of the molecule is CC(C)OC(=O)n1c(C(N)=O)nc2ccccc21. The van der Waals surface area contributed by atoms with Crippen molar-refractivity contribution in [2.75, 3.05) is 0 Å². The molecule has 0 aliphatic heterocycles. The van der Waals surface area contributed by atoms with Crippen LogP contribution in [0, 0.1) is 0 Å². The topological polar surface area (TPSA) is 87.2 Å². The first kappa shape index (κ1) is 12.1. The van der Waals surface area contributed by atoms with Crippen LogP contribution in [0.3, 0.4) is 0 Å². The predicted molar refractivity (Wildman–Crippen MR) is 65.3 cm³/mol. The summed E-state index contributed by atoms with van der Waals surface area (Å²) in [6.45, 7) is 3.45. The standard InChI is InChI=1S/C12H13N3O3/c1-7(2)18-12(17)15-9-6-4-3-5-8(9)14-11(15)10(13)16/h3-7H,1-2H3,(H2,13,16). The van der Waals surface area contributed by atoms with E-state index in [0.717, 1.165) is 4.57 Å². The number of hydrogen-bond acceptors (Lipinski definition) is 4. The lowest BCUT2D eigenvalue weighted by Crippen LogP contribution is -2.25. The number of carbonyl (C=O) groups excluding carboxylic acids is 2. The van der Waals surface area contributed by atoms with E-state index >= 15 is 0 Å². The molecule has 94 valence electrons. The molecule has 0 unspecified atom stereocenters. The van der Waals surface area contributed by atoms with Gasteiger partial charge in [0.05, 0.1) is 17.1 Å². The maximum absolute atomic E-state index is 11.9. The Bertz CT molecular complexity index is 616. The van der Waals surface area contributed by atoms with E-state index in [-0.39, 0.29) is 11.9 Å². The third-order valence-electron chi connectivity index (χ3n) is 2.30. The number of nitrogens with zero attached hydrogens (tertiary/aromatic N) is 2. The average Bonchev–Trinajstić information content (AvgIpc) is 2.67. The molecule has 2 aromatic rings. The van der Waals surface area contributed by atoms with Gasteiger partial charge >= 0.3 is 6.09 Å². The normalized spacial score (nSPS) is 10.8. The van der Waals surface area contributed by atoms with Gasteiger partial charge < -0.3 is 10.5 Å². The van der Waals surface area contributed by atoms with Gasteiger partial charge in [0.1, 0.15) is 0 Å². The Morgan fingerprint density at radius 3 is 2.61 bits per heavy atom. The Balaban J connectivity index is 2.62. The molecule has 0 bridgehead atoms. The van der Waals surface area contributed by atoms with Gasteiger partial charge in [-0.15, -0.1) is 0 Å². The first-order valence-electron chi connectivity index (χ1n) is 5.49. The Morgan fingerprint density at radius 2 is 2.00 bits per heavy atom. The number of carbonyl (C=O) groups is 2. The molecule has 0 saturated carbocycles. The molecule has 2 N–H and O–H groups in total. The highest BCUT2D eigenvalue weighted by molar-refractivity contribution is 5.99. The highest BCUT2D eigenvalue weighted by Gasteiger charge is 2.21. The third kappa shape index (κ3) is 2.04. The highest BCUT2D eigenvalue weighted by Crippen LogP contribution is 2.16. The lowest BCUT2D eigenvalue weighted by molar-refractivity contribution is 0.0966. The van der Waals surface area contributed by atoms with E-state index in [1.54, 1.807) is 38.1 Å². The van der Waals surface area contributed by atoms with Crippen LogP contribution in [0.15, 0.2) is 24.3 Å². The molecule has 1 amide bonds. The van der Waals surface area contributed by atoms with E-state index in [2.05, 4.69) is 4.98 Å². The third-order valence-corrected chi connectivity index (χ3v) is 2.30. The number of para-hydroxylation sites is 2. The highest BCUT2D eigenvalue weighted by atomic mass is 16.6. The molecule has 0 spiro atoms. The van der Waals surface area contributed by atoms with Crippen LogP contribution < -0.4 is 5.73 Å². The molecule has 0 fully saturated rings. The lowest BCUT2D eigenvalue weighted by atomic mass is 10.3. The fourth-order valence-corrected chi connectivity index (χ4v) is 1.63. The van der Waals surface area contributed by atoms with Gasteiger partial charge in [-0.3, -0.25) is 4.79 Å². The van der Waals surface area contributed by atoms with Crippen molar-refractivity contribution in [1.29, 1.82) is 0 Å².